The zero-order chi connectivity index (χ0) is 25.4. The Kier molecular flexibility index (Phi) is 8.63. The zero-order valence-corrected chi connectivity index (χ0v) is 21.6. The molecule has 1 aromatic heterocycles. The molecule has 0 spiro atoms. The summed E-state index contributed by atoms with van der Waals surface area (Å²) < 4.78 is 16.6. The maximum atomic E-state index is 9.93. The number of rotatable bonds is 11. The van der Waals surface area contributed by atoms with Gasteiger partial charge in [-0.2, -0.15) is 5.26 Å². The van der Waals surface area contributed by atoms with Gasteiger partial charge in [-0.1, -0.05) is 48.5 Å². The first-order valence-corrected chi connectivity index (χ1v) is 12.7. The second-order valence-corrected chi connectivity index (χ2v) is 9.34. The standard InChI is InChI=1S/C29H36N4O3/c1-4-32(21-24-20-26(31-36-24)25-12-8-13-27(34-2)28(25)35-3)16-9-17-33-18-14-29(22-30,15-19-33)23-10-6-5-7-11-23/h5-8,10-13,20H,4,9,14-19,21H2,1-3H3. The normalized spacial score (nSPS) is 15.5. The maximum absolute atomic E-state index is 9.93. The summed E-state index contributed by atoms with van der Waals surface area (Å²) in [6, 6.07) is 20.6. The van der Waals surface area contributed by atoms with E-state index in [4.69, 9.17) is 14.0 Å². The molecule has 2 heterocycles. The number of nitrogens with zero attached hydrogens (tertiary/aromatic N) is 4. The molecule has 1 saturated heterocycles. The molecule has 0 amide bonds. The fraction of sp³-hybridized carbons (Fsp3) is 0.448. The van der Waals surface area contributed by atoms with Crippen molar-refractivity contribution in [2.45, 2.75) is 38.1 Å². The van der Waals surface area contributed by atoms with Crippen molar-refractivity contribution in [2.24, 2.45) is 0 Å². The van der Waals surface area contributed by atoms with Gasteiger partial charge in [-0.15, -0.1) is 0 Å². The van der Waals surface area contributed by atoms with Crippen LogP contribution in [0.3, 0.4) is 0 Å². The number of likely N-dealkylation sites (tertiary alicyclic amines) is 1. The molecule has 1 aliphatic heterocycles. The number of para-hydroxylation sites is 1. The van der Waals surface area contributed by atoms with E-state index in [0.717, 1.165) is 74.6 Å². The van der Waals surface area contributed by atoms with Crippen LogP contribution in [0.2, 0.25) is 0 Å². The highest BCUT2D eigenvalue weighted by Gasteiger charge is 2.36. The summed E-state index contributed by atoms with van der Waals surface area (Å²) in [5, 5.41) is 14.2. The van der Waals surface area contributed by atoms with Gasteiger partial charge in [0.25, 0.3) is 0 Å². The molecule has 0 saturated carbocycles. The summed E-state index contributed by atoms with van der Waals surface area (Å²) in [5.41, 5.74) is 2.40. The summed E-state index contributed by atoms with van der Waals surface area (Å²) in [5.74, 6) is 2.15. The molecule has 7 heteroatoms. The monoisotopic (exact) mass is 488 g/mol. The zero-order valence-electron chi connectivity index (χ0n) is 21.6. The van der Waals surface area contributed by atoms with Crippen molar-refractivity contribution in [3.8, 4) is 28.8 Å². The van der Waals surface area contributed by atoms with Gasteiger partial charge in [-0.3, -0.25) is 4.90 Å². The first-order chi connectivity index (χ1) is 17.6. The SMILES string of the molecule is CCN(CCCN1CCC(C#N)(c2ccccc2)CC1)Cc1cc(-c2cccc(OC)c2OC)no1. The molecule has 0 radical (unpaired) electrons. The Morgan fingerprint density at radius 1 is 1.08 bits per heavy atom. The van der Waals surface area contributed by atoms with E-state index in [1.807, 2.05) is 42.5 Å². The number of hydrogen-bond donors (Lipinski definition) is 0. The van der Waals surface area contributed by atoms with Crippen molar-refractivity contribution in [3.05, 3.63) is 65.9 Å². The second-order valence-electron chi connectivity index (χ2n) is 9.34. The molecule has 0 atom stereocenters. The Balaban J connectivity index is 1.28. The highest BCUT2D eigenvalue weighted by Crippen LogP contribution is 2.37. The number of piperidine rings is 1. The summed E-state index contributed by atoms with van der Waals surface area (Å²) in [6.07, 6.45) is 2.85. The van der Waals surface area contributed by atoms with Crippen molar-refractivity contribution in [1.82, 2.24) is 15.0 Å². The number of ether oxygens (including phenoxy) is 2. The first-order valence-electron chi connectivity index (χ1n) is 12.7. The minimum absolute atomic E-state index is 0.345. The molecule has 7 nitrogen and oxygen atoms in total. The lowest BCUT2D eigenvalue weighted by Gasteiger charge is -2.37. The van der Waals surface area contributed by atoms with Crippen LogP contribution in [-0.2, 0) is 12.0 Å². The molecular formula is C29H36N4O3. The molecule has 1 fully saturated rings. The van der Waals surface area contributed by atoms with E-state index in [2.05, 4.69) is 40.1 Å². The van der Waals surface area contributed by atoms with Crippen molar-refractivity contribution in [3.63, 3.8) is 0 Å². The molecule has 1 aliphatic rings. The van der Waals surface area contributed by atoms with Crippen LogP contribution in [-0.4, -0.2) is 61.9 Å². The number of aromatic nitrogens is 1. The third-order valence-corrected chi connectivity index (χ3v) is 7.26. The lowest BCUT2D eigenvalue weighted by atomic mass is 9.74. The van der Waals surface area contributed by atoms with Crippen LogP contribution < -0.4 is 9.47 Å². The molecule has 4 rings (SSSR count). The van der Waals surface area contributed by atoms with Gasteiger partial charge in [0.1, 0.15) is 5.69 Å². The molecule has 0 bridgehead atoms. The van der Waals surface area contributed by atoms with Crippen molar-refractivity contribution in [2.75, 3.05) is 46.9 Å². The quantitative estimate of drug-likeness (QED) is 0.370. The summed E-state index contributed by atoms with van der Waals surface area (Å²) in [4.78, 5) is 4.87. The van der Waals surface area contributed by atoms with Crippen LogP contribution >= 0.6 is 0 Å². The van der Waals surface area contributed by atoms with Crippen LogP contribution in [0, 0.1) is 11.3 Å². The second kappa shape index (κ2) is 12.1. The molecule has 3 aromatic rings. The molecule has 0 N–H and O–H groups in total. The van der Waals surface area contributed by atoms with Gasteiger partial charge in [-0.25, -0.2) is 0 Å². The van der Waals surface area contributed by atoms with Crippen LogP contribution in [0.25, 0.3) is 11.3 Å². The summed E-state index contributed by atoms with van der Waals surface area (Å²) >= 11 is 0. The Bertz CT molecular complexity index is 1150. The fourth-order valence-electron chi connectivity index (χ4n) is 5.07. The van der Waals surface area contributed by atoms with Crippen LogP contribution in [0.1, 0.15) is 37.5 Å². The summed E-state index contributed by atoms with van der Waals surface area (Å²) in [6.45, 7) is 7.75. The van der Waals surface area contributed by atoms with Gasteiger partial charge < -0.3 is 18.9 Å². The van der Waals surface area contributed by atoms with Gasteiger partial charge in [-0.05, 0) is 69.7 Å². The largest absolute Gasteiger partial charge is 0.493 e. The van der Waals surface area contributed by atoms with Gasteiger partial charge in [0.05, 0.1) is 32.2 Å². The van der Waals surface area contributed by atoms with Gasteiger partial charge in [0.2, 0.25) is 0 Å². The highest BCUT2D eigenvalue weighted by atomic mass is 16.5. The Morgan fingerprint density at radius 3 is 2.53 bits per heavy atom. The van der Waals surface area contributed by atoms with E-state index in [9.17, 15) is 5.26 Å². The molecule has 0 aliphatic carbocycles. The van der Waals surface area contributed by atoms with E-state index in [-0.39, 0.29) is 5.41 Å². The molecule has 36 heavy (non-hydrogen) atoms. The number of hydrogen-bond acceptors (Lipinski definition) is 7. The average Bonchev–Trinajstić information content (AvgIpc) is 3.41. The predicted octanol–water partition coefficient (Wildman–Crippen LogP) is 5.13. The number of benzene rings is 2. The maximum Gasteiger partial charge on any atom is 0.170 e. The summed E-state index contributed by atoms with van der Waals surface area (Å²) in [7, 11) is 3.26. The highest BCUT2D eigenvalue weighted by molar-refractivity contribution is 5.71. The predicted molar refractivity (Wildman–Crippen MR) is 140 cm³/mol. The molecule has 2 aromatic carbocycles. The molecular weight excluding hydrogens is 452 g/mol. The number of methoxy groups -OCH3 is 2. The van der Waals surface area contributed by atoms with Gasteiger partial charge in [0.15, 0.2) is 17.3 Å². The fourth-order valence-corrected chi connectivity index (χ4v) is 5.07. The Morgan fingerprint density at radius 2 is 1.86 bits per heavy atom. The minimum Gasteiger partial charge on any atom is -0.493 e. The average molecular weight is 489 g/mol. The smallest absolute Gasteiger partial charge is 0.170 e. The van der Waals surface area contributed by atoms with Gasteiger partial charge >= 0.3 is 0 Å². The number of nitriles is 1. The van der Waals surface area contributed by atoms with Crippen molar-refractivity contribution < 1.29 is 14.0 Å². The van der Waals surface area contributed by atoms with Crippen molar-refractivity contribution >= 4 is 0 Å². The van der Waals surface area contributed by atoms with E-state index >= 15 is 0 Å². The lowest BCUT2D eigenvalue weighted by molar-refractivity contribution is 0.168. The van der Waals surface area contributed by atoms with Crippen LogP contribution in [0.15, 0.2) is 59.1 Å². The van der Waals surface area contributed by atoms with Crippen LogP contribution in [0.5, 0.6) is 11.5 Å². The van der Waals surface area contributed by atoms with E-state index in [1.54, 1.807) is 14.2 Å². The Labute approximate surface area is 214 Å². The third-order valence-electron chi connectivity index (χ3n) is 7.26. The van der Waals surface area contributed by atoms with E-state index in [1.165, 1.54) is 0 Å². The molecule has 190 valence electrons. The first kappa shape index (κ1) is 25.7. The van der Waals surface area contributed by atoms with Gasteiger partial charge in [0, 0.05) is 11.6 Å². The van der Waals surface area contributed by atoms with E-state index in [0.29, 0.717) is 18.0 Å². The molecule has 0 unspecified atom stereocenters. The van der Waals surface area contributed by atoms with Crippen LogP contribution in [0.4, 0.5) is 0 Å². The van der Waals surface area contributed by atoms with Crippen molar-refractivity contribution in [1.29, 1.82) is 5.26 Å². The van der Waals surface area contributed by atoms with E-state index < -0.39 is 0 Å². The minimum atomic E-state index is -0.345. The lowest BCUT2D eigenvalue weighted by Crippen LogP contribution is -2.42. The third kappa shape index (κ3) is 5.72. The Hall–Kier alpha value is -3.34. The topological polar surface area (TPSA) is 74.8 Å².